The molecule has 1 aromatic carbocycles. The van der Waals surface area contributed by atoms with Crippen LogP contribution in [0.2, 0.25) is 0 Å². The van der Waals surface area contributed by atoms with Gasteiger partial charge in [-0.05, 0) is 43.4 Å². The zero-order valence-electron chi connectivity index (χ0n) is 11.7. The van der Waals surface area contributed by atoms with Gasteiger partial charge in [-0.15, -0.1) is 0 Å². The summed E-state index contributed by atoms with van der Waals surface area (Å²) in [5.41, 5.74) is 0.597. The van der Waals surface area contributed by atoms with Gasteiger partial charge >= 0.3 is 5.97 Å². The highest BCUT2D eigenvalue weighted by Gasteiger charge is 2.29. The molecule has 1 unspecified atom stereocenters. The van der Waals surface area contributed by atoms with Crippen LogP contribution in [-0.2, 0) is 10.0 Å². The minimum atomic E-state index is -3.60. The maximum Gasteiger partial charge on any atom is 0.335 e. The Morgan fingerprint density at radius 1 is 1.40 bits per heavy atom. The molecular formula is C14H19NO4S. The van der Waals surface area contributed by atoms with E-state index in [1.807, 2.05) is 6.92 Å². The van der Waals surface area contributed by atoms with Crippen molar-refractivity contribution < 1.29 is 18.3 Å². The number of carboxylic acid groups (broad SMARTS) is 1. The first-order chi connectivity index (χ1) is 9.32. The van der Waals surface area contributed by atoms with E-state index in [1.54, 1.807) is 13.0 Å². The van der Waals surface area contributed by atoms with Crippen LogP contribution in [0.15, 0.2) is 23.1 Å². The number of carboxylic acids is 1. The summed E-state index contributed by atoms with van der Waals surface area (Å²) in [5.74, 6) is -0.769. The molecule has 6 heteroatoms. The van der Waals surface area contributed by atoms with Crippen molar-refractivity contribution in [1.29, 1.82) is 0 Å². The van der Waals surface area contributed by atoms with Crippen LogP contribution >= 0.6 is 0 Å². The number of rotatable bonds is 3. The van der Waals surface area contributed by atoms with Gasteiger partial charge in [-0.2, -0.15) is 4.31 Å². The molecule has 0 spiro atoms. The van der Waals surface area contributed by atoms with E-state index >= 15 is 0 Å². The Hall–Kier alpha value is -1.40. The van der Waals surface area contributed by atoms with E-state index in [9.17, 15) is 13.2 Å². The summed E-state index contributed by atoms with van der Waals surface area (Å²) in [6, 6.07) is 4.28. The Labute approximate surface area is 119 Å². The maximum absolute atomic E-state index is 12.6. The summed E-state index contributed by atoms with van der Waals surface area (Å²) >= 11 is 0. The summed E-state index contributed by atoms with van der Waals surface area (Å²) in [5, 5.41) is 9.10. The number of sulfonamides is 1. The highest BCUT2D eigenvalue weighted by Crippen LogP contribution is 2.24. The summed E-state index contributed by atoms with van der Waals surface area (Å²) in [6.07, 6.45) is 1.87. The smallest absolute Gasteiger partial charge is 0.335 e. The van der Waals surface area contributed by atoms with Crippen LogP contribution in [0.25, 0.3) is 0 Å². The number of hydrogen-bond donors (Lipinski definition) is 1. The lowest BCUT2D eigenvalue weighted by Crippen LogP contribution is -2.39. The number of hydrogen-bond acceptors (Lipinski definition) is 3. The molecule has 1 aliphatic rings. The molecular weight excluding hydrogens is 278 g/mol. The minimum absolute atomic E-state index is 0.0381. The summed E-state index contributed by atoms with van der Waals surface area (Å²) < 4.78 is 26.6. The number of benzene rings is 1. The van der Waals surface area contributed by atoms with Crippen molar-refractivity contribution in [3.05, 3.63) is 29.3 Å². The van der Waals surface area contributed by atoms with Crippen LogP contribution in [0, 0.1) is 12.8 Å². The monoisotopic (exact) mass is 297 g/mol. The molecule has 0 saturated carbocycles. The molecule has 20 heavy (non-hydrogen) atoms. The van der Waals surface area contributed by atoms with Crippen molar-refractivity contribution in [2.75, 3.05) is 13.1 Å². The van der Waals surface area contributed by atoms with Crippen molar-refractivity contribution in [3.63, 3.8) is 0 Å². The van der Waals surface area contributed by atoms with E-state index < -0.39 is 16.0 Å². The lowest BCUT2D eigenvalue weighted by molar-refractivity contribution is 0.0696. The maximum atomic E-state index is 12.6. The van der Waals surface area contributed by atoms with Crippen LogP contribution < -0.4 is 0 Å². The quantitative estimate of drug-likeness (QED) is 0.927. The van der Waals surface area contributed by atoms with Crippen LogP contribution in [0.3, 0.4) is 0 Å². The molecule has 0 amide bonds. The number of aromatic carboxylic acids is 1. The fourth-order valence-electron chi connectivity index (χ4n) is 2.51. The highest BCUT2D eigenvalue weighted by atomic mass is 32.2. The molecule has 2 rings (SSSR count). The molecule has 1 N–H and O–H groups in total. The first-order valence-electron chi connectivity index (χ1n) is 6.66. The van der Waals surface area contributed by atoms with E-state index in [0.29, 0.717) is 24.6 Å². The second-order valence-electron chi connectivity index (χ2n) is 5.39. The van der Waals surface area contributed by atoms with Crippen LogP contribution in [0.4, 0.5) is 0 Å². The SMILES string of the molecule is Cc1ccc(S(=O)(=O)N2CCCC(C)C2)cc1C(=O)O. The van der Waals surface area contributed by atoms with Crippen LogP contribution in [-0.4, -0.2) is 36.9 Å². The zero-order chi connectivity index (χ0) is 14.9. The van der Waals surface area contributed by atoms with E-state index in [4.69, 9.17) is 5.11 Å². The zero-order valence-corrected chi connectivity index (χ0v) is 12.5. The Morgan fingerprint density at radius 3 is 2.70 bits per heavy atom. The van der Waals surface area contributed by atoms with Gasteiger partial charge in [-0.25, -0.2) is 13.2 Å². The first kappa shape index (κ1) is 15.0. The average Bonchev–Trinajstić information content (AvgIpc) is 2.38. The second-order valence-corrected chi connectivity index (χ2v) is 7.33. The van der Waals surface area contributed by atoms with E-state index in [-0.39, 0.29) is 10.5 Å². The molecule has 0 aromatic heterocycles. The largest absolute Gasteiger partial charge is 0.478 e. The number of piperidine rings is 1. The topological polar surface area (TPSA) is 74.7 Å². The normalized spacial score (nSPS) is 20.8. The summed E-state index contributed by atoms with van der Waals surface area (Å²) in [7, 11) is -3.60. The third-order valence-electron chi connectivity index (χ3n) is 3.70. The van der Waals surface area contributed by atoms with E-state index in [0.717, 1.165) is 12.8 Å². The fourth-order valence-corrected chi connectivity index (χ4v) is 4.13. The van der Waals surface area contributed by atoms with Gasteiger partial charge in [-0.1, -0.05) is 13.0 Å². The van der Waals surface area contributed by atoms with Gasteiger partial charge in [0, 0.05) is 13.1 Å². The predicted molar refractivity (Wildman–Crippen MR) is 75.3 cm³/mol. The van der Waals surface area contributed by atoms with Crippen molar-refractivity contribution >= 4 is 16.0 Å². The average molecular weight is 297 g/mol. The van der Waals surface area contributed by atoms with Crippen molar-refractivity contribution in [2.24, 2.45) is 5.92 Å². The molecule has 1 aromatic rings. The second kappa shape index (κ2) is 5.54. The molecule has 0 radical (unpaired) electrons. The predicted octanol–water partition coefficient (Wildman–Crippen LogP) is 2.11. The van der Waals surface area contributed by atoms with E-state index in [2.05, 4.69) is 0 Å². The Kier molecular flexibility index (Phi) is 4.15. The first-order valence-corrected chi connectivity index (χ1v) is 8.10. The number of nitrogens with zero attached hydrogens (tertiary/aromatic N) is 1. The molecule has 1 aliphatic heterocycles. The number of aryl methyl sites for hydroxylation is 1. The third kappa shape index (κ3) is 2.86. The molecule has 1 saturated heterocycles. The van der Waals surface area contributed by atoms with Gasteiger partial charge in [0.05, 0.1) is 10.5 Å². The van der Waals surface area contributed by atoms with Crippen molar-refractivity contribution in [3.8, 4) is 0 Å². The van der Waals surface area contributed by atoms with Gasteiger partial charge in [-0.3, -0.25) is 0 Å². The van der Waals surface area contributed by atoms with Gasteiger partial charge in [0.15, 0.2) is 0 Å². The Morgan fingerprint density at radius 2 is 2.10 bits per heavy atom. The molecule has 110 valence electrons. The van der Waals surface area contributed by atoms with Gasteiger partial charge in [0.25, 0.3) is 0 Å². The molecule has 0 bridgehead atoms. The molecule has 1 heterocycles. The van der Waals surface area contributed by atoms with Crippen LogP contribution in [0.1, 0.15) is 35.7 Å². The summed E-state index contributed by atoms with van der Waals surface area (Å²) in [6.45, 7) is 4.68. The lowest BCUT2D eigenvalue weighted by Gasteiger charge is -2.30. The highest BCUT2D eigenvalue weighted by molar-refractivity contribution is 7.89. The lowest BCUT2D eigenvalue weighted by atomic mass is 10.0. The van der Waals surface area contributed by atoms with E-state index in [1.165, 1.54) is 16.4 Å². The molecule has 5 nitrogen and oxygen atoms in total. The summed E-state index contributed by atoms with van der Waals surface area (Å²) in [4.78, 5) is 11.2. The van der Waals surface area contributed by atoms with Crippen molar-refractivity contribution in [2.45, 2.75) is 31.6 Å². The molecule has 1 atom stereocenters. The Balaban J connectivity index is 2.39. The third-order valence-corrected chi connectivity index (χ3v) is 5.56. The number of carbonyl (C=O) groups is 1. The van der Waals surface area contributed by atoms with Gasteiger partial charge in [0.2, 0.25) is 10.0 Å². The van der Waals surface area contributed by atoms with Gasteiger partial charge in [0.1, 0.15) is 0 Å². The minimum Gasteiger partial charge on any atom is -0.478 e. The fraction of sp³-hybridized carbons (Fsp3) is 0.500. The molecule has 0 aliphatic carbocycles. The van der Waals surface area contributed by atoms with Crippen LogP contribution in [0.5, 0.6) is 0 Å². The Bertz CT molecular complexity index is 624. The van der Waals surface area contributed by atoms with Gasteiger partial charge < -0.3 is 5.11 Å². The van der Waals surface area contributed by atoms with Crippen molar-refractivity contribution in [1.82, 2.24) is 4.31 Å². The molecule has 1 fully saturated rings. The standard InChI is InChI=1S/C14H19NO4S/c1-10-4-3-7-15(9-10)20(18,19)12-6-5-11(2)13(8-12)14(16)17/h5-6,8,10H,3-4,7,9H2,1-2H3,(H,16,17).